The number of aliphatic hydroxyl groups is 1. The molecular formula is C19H23N3O6. The fourth-order valence-electron chi connectivity index (χ4n) is 2.54. The van der Waals surface area contributed by atoms with Crippen molar-refractivity contribution in [2.24, 2.45) is 0 Å². The van der Waals surface area contributed by atoms with Crippen molar-refractivity contribution in [3.63, 3.8) is 0 Å². The molecule has 0 aliphatic carbocycles. The van der Waals surface area contributed by atoms with E-state index in [1.165, 1.54) is 12.2 Å². The third-order valence-corrected chi connectivity index (χ3v) is 3.90. The molecule has 1 aromatic heterocycles. The molecular weight excluding hydrogens is 366 g/mol. The Morgan fingerprint density at radius 2 is 1.39 bits per heavy atom. The minimum Gasteiger partial charge on any atom is -0.497 e. The molecule has 0 saturated carbocycles. The maximum Gasteiger partial charge on any atom is 0.336 e. The van der Waals surface area contributed by atoms with Crippen LogP contribution in [-0.4, -0.2) is 38.6 Å². The standard InChI is InChI=1S/C19H23N3O6/c1-4-10-20-17(24)21(11-5-2)19(26)22(18(20)25)12-14(23)13-28-16-8-6-15(27-3)7-9-16/h4-9,14,23H,1-2,10-13H2,3H3/t14-/m1/s1. The smallest absolute Gasteiger partial charge is 0.336 e. The van der Waals surface area contributed by atoms with Gasteiger partial charge in [0.15, 0.2) is 0 Å². The minimum atomic E-state index is -1.15. The van der Waals surface area contributed by atoms with Gasteiger partial charge in [0.1, 0.15) is 24.2 Å². The first-order chi connectivity index (χ1) is 13.4. The molecule has 0 bridgehead atoms. The summed E-state index contributed by atoms with van der Waals surface area (Å²) >= 11 is 0. The van der Waals surface area contributed by atoms with Crippen LogP contribution in [0.5, 0.6) is 11.5 Å². The fraction of sp³-hybridized carbons (Fsp3) is 0.316. The van der Waals surface area contributed by atoms with Gasteiger partial charge in [-0.1, -0.05) is 12.2 Å². The monoisotopic (exact) mass is 389 g/mol. The number of benzene rings is 1. The van der Waals surface area contributed by atoms with E-state index < -0.39 is 23.2 Å². The molecule has 1 heterocycles. The molecule has 1 aromatic carbocycles. The molecule has 28 heavy (non-hydrogen) atoms. The number of hydrogen-bond acceptors (Lipinski definition) is 6. The highest BCUT2D eigenvalue weighted by Crippen LogP contribution is 2.17. The Hall–Kier alpha value is -3.33. The van der Waals surface area contributed by atoms with Crippen LogP contribution >= 0.6 is 0 Å². The van der Waals surface area contributed by atoms with Crippen molar-refractivity contribution in [3.05, 3.63) is 81.0 Å². The molecule has 0 aliphatic rings. The first-order valence-electron chi connectivity index (χ1n) is 8.54. The second-order valence-electron chi connectivity index (χ2n) is 5.90. The number of aromatic nitrogens is 3. The Morgan fingerprint density at radius 3 is 1.86 bits per heavy atom. The van der Waals surface area contributed by atoms with Crippen LogP contribution in [0.4, 0.5) is 0 Å². The summed E-state index contributed by atoms with van der Waals surface area (Å²) in [6.45, 7) is 6.41. The number of ether oxygens (including phenoxy) is 2. The van der Waals surface area contributed by atoms with E-state index in [2.05, 4.69) is 13.2 Å². The van der Waals surface area contributed by atoms with Gasteiger partial charge in [-0.05, 0) is 24.3 Å². The van der Waals surface area contributed by atoms with E-state index in [1.807, 2.05) is 0 Å². The molecule has 1 N–H and O–H groups in total. The van der Waals surface area contributed by atoms with Gasteiger partial charge in [-0.3, -0.25) is 0 Å². The SMILES string of the molecule is C=CCn1c(=O)n(CC=C)c(=O)n(C[C@@H](O)COc2ccc(OC)cc2)c1=O. The lowest BCUT2D eigenvalue weighted by Crippen LogP contribution is -2.55. The van der Waals surface area contributed by atoms with Crippen molar-refractivity contribution in [2.75, 3.05) is 13.7 Å². The molecule has 0 unspecified atom stereocenters. The summed E-state index contributed by atoms with van der Waals surface area (Å²) in [6, 6.07) is 6.73. The van der Waals surface area contributed by atoms with Crippen molar-refractivity contribution in [2.45, 2.75) is 25.7 Å². The average molecular weight is 389 g/mol. The molecule has 0 saturated heterocycles. The lowest BCUT2D eigenvalue weighted by Gasteiger charge is -2.16. The normalized spacial score (nSPS) is 11.6. The fourth-order valence-corrected chi connectivity index (χ4v) is 2.54. The lowest BCUT2D eigenvalue weighted by molar-refractivity contribution is 0.0888. The zero-order chi connectivity index (χ0) is 20.7. The second-order valence-corrected chi connectivity index (χ2v) is 5.90. The predicted octanol–water partition coefficient (Wildman–Crippen LogP) is -0.00780. The van der Waals surface area contributed by atoms with Crippen LogP contribution in [-0.2, 0) is 19.6 Å². The summed E-state index contributed by atoms with van der Waals surface area (Å²) in [5.74, 6) is 1.15. The van der Waals surface area contributed by atoms with Gasteiger partial charge in [-0.15, -0.1) is 13.2 Å². The maximum absolute atomic E-state index is 12.5. The highest BCUT2D eigenvalue weighted by atomic mass is 16.5. The molecule has 0 aliphatic heterocycles. The zero-order valence-electron chi connectivity index (χ0n) is 15.6. The van der Waals surface area contributed by atoms with Crippen LogP contribution in [0.2, 0.25) is 0 Å². The summed E-state index contributed by atoms with van der Waals surface area (Å²) in [6.07, 6.45) is 1.59. The van der Waals surface area contributed by atoms with Gasteiger partial charge in [0.2, 0.25) is 0 Å². The Kier molecular flexibility index (Phi) is 7.16. The van der Waals surface area contributed by atoms with Crippen LogP contribution < -0.4 is 26.5 Å². The van der Waals surface area contributed by atoms with Gasteiger partial charge < -0.3 is 14.6 Å². The molecule has 0 radical (unpaired) electrons. The highest BCUT2D eigenvalue weighted by molar-refractivity contribution is 5.31. The molecule has 0 fully saturated rings. The Bertz CT molecular complexity index is 952. The van der Waals surface area contributed by atoms with E-state index in [-0.39, 0.29) is 26.2 Å². The zero-order valence-corrected chi connectivity index (χ0v) is 15.6. The Balaban J connectivity index is 2.24. The number of methoxy groups -OCH3 is 1. The molecule has 1 atom stereocenters. The van der Waals surface area contributed by atoms with E-state index in [9.17, 15) is 19.5 Å². The lowest BCUT2D eigenvalue weighted by atomic mass is 10.3. The Morgan fingerprint density at radius 1 is 0.929 bits per heavy atom. The summed E-state index contributed by atoms with van der Waals surface area (Å²) < 4.78 is 13.1. The minimum absolute atomic E-state index is 0.0620. The van der Waals surface area contributed by atoms with Crippen molar-refractivity contribution >= 4 is 0 Å². The van der Waals surface area contributed by atoms with Crippen molar-refractivity contribution < 1.29 is 14.6 Å². The third kappa shape index (κ3) is 4.68. The van der Waals surface area contributed by atoms with E-state index in [4.69, 9.17) is 9.47 Å². The van der Waals surface area contributed by atoms with E-state index in [1.54, 1.807) is 31.4 Å². The maximum atomic E-state index is 12.5. The topological polar surface area (TPSA) is 105 Å². The van der Waals surface area contributed by atoms with E-state index >= 15 is 0 Å². The summed E-state index contributed by atoms with van der Waals surface area (Å²) in [5.41, 5.74) is -2.40. The van der Waals surface area contributed by atoms with Crippen molar-refractivity contribution in [1.82, 2.24) is 13.7 Å². The quantitative estimate of drug-likeness (QED) is 0.573. The van der Waals surface area contributed by atoms with E-state index in [0.29, 0.717) is 11.5 Å². The molecule has 0 spiro atoms. The molecule has 9 heteroatoms. The van der Waals surface area contributed by atoms with Crippen molar-refractivity contribution in [1.29, 1.82) is 0 Å². The molecule has 2 rings (SSSR count). The van der Waals surface area contributed by atoms with Crippen LogP contribution in [0.3, 0.4) is 0 Å². The van der Waals surface area contributed by atoms with Gasteiger partial charge in [0, 0.05) is 0 Å². The molecule has 9 nitrogen and oxygen atoms in total. The third-order valence-electron chi connectivity index (χ3n) is 3.90. The summed E-state index contributed by atoms with van der Waals surface area (Å²) in [4.78, 5) is 37.3. The van der Waals surface area contributed by atoms with Crippen LogP contribution in [0.1, 0.15) is 0 Å². The molecule has 0 amide bonds. The molecule has 150 valence electrons. The number of aliphatic hydroxyl groups excluding tert-OH is 1. The number of hydrogen-bond donors (Lipinski definition) is 1. The average Bonchev–Trinajstić information content (AvgIpc) is 2.70. The van der Waals surface area contributed by atoms with Crippen LogP contribution in [0.25, 0.3) is 0 Å². The van der Waals surface area contributed by atoms with Crippen LogP contribution in [0.15, 0.2) is 64.0 Å². The summed E-state index contributed by atoms with van der Waals surface area (Å²) in [7, 11) is 1.54. The summed E-state index contributed by atoms with van der Waals surface area (Å²) in [5, 5.41) is 10.2. The predicted molar refractivity (Wildman–Crippen MR) is 104 cm³/mol. The number of allylic oxidation sites excluding steroid dienone is 2. The van der Waals surface area contributed by atoms with Crippen LogP contribution in [0, 0.1) is 0 Å². The second kappa shape index (κ2) is 9.56. The number of nitrogens with zero attached hydrogens (tertiary/aromatic N) is 3. The highest BCUT2D eigenvalue weighted by Gasteiger charge is 2.17. The van der Waals surface area contributed by atoms with Gasteiger partial charge in [0.05, 0.1) is 26.7 Å². The van der Waals surface area contributed by atoms with Gasteiger partial charge >= 0.3 is 17.1 Å². The molecule has 2 aromatic rings. The van der Waals surface area contributed by atoms with Gasteiger partial charge in [-0.25, -0.2) is 28.1 Å². The van der Waals surface area contributed by atoms with E-state index in [0.717, 1.165) is 13.7 Å². The van der Waals surface area contributed by atoms with Gasteiger partial charge in [-0.2, -0.15) is 0 Å². The number of rotatable bonds is 10. The Labute approximate surface area is 161 Å². The largest absolute Gasteiger partial charge is 0.497 e. The first-order valence-corrected chi connectivity index (χ1v) is 8.54. The van der Waals surface area contributed by atoms with Gasteiger partial charge in [0.25, 0.3) is 0 Å². The van der Waals surface area contributed by atoms with Crippen molar-refractivity contribution in [3.8, 4) is 11.5 Å². The first kappa shape index (κ1) is 21.0.